The number of amides is 2. The second-order valence-electron chi connectivity index (χ2n) is 9.86. The Bertz CT molecular complexity index is 1220. The largest absolute Gasteiger partial charge is 0.324 e. The number of hydrogen-bond donors (Lipinski definition) is 1. The first-order valence-corrected chi connectivity index (χ1v) is 13.3. The minimum Gasteiger partial charge on any atom is -0.324 e. The predicted octanol–water partition coefficient (Wildman–Crippen LogP) is 3.93. The Morgan fingerprint density at radius 2 is 1.91 bits per heavy atom. The number of carbonyl (C=O) groups excluding carboxylic acids is 2. The van der Waals surface area contributed by atoms with E-state index in [1.807, 2.05) is 31.2 Å². The second kappa shape index (κ2) is 9.15. The molecule has 1 saturated heterocycles. The van der Waals surface area contributed by atoms with Gasteiger partial charge >= 0.3 is 0 Å². The van der Waals surface area contributed by atoms with Crippen LogP contribution in [0.25, 0.3) is 0 Å². The van der Waals surface area contributed by atoms with Crippen molar-refractivity contribution in [1.82, 2.24) is 4.31 Å². The summed E-state index contributed by atoms with van der Waals surface area (Å²) >= 11 is 0. The van der Waals surface area contributed by atoms with Crippen LogP contribution in [0.1, 0.15) is 51.7 Å². The van der Waals surface area contributed by atoms with Crippen molar-refractivity contribution in [3.63, 3.8) is 0 Å². The Hall–Kier alpha value is -2.71. The average Bonchev–Trinajstić information content (AvgIpc) is 2.99. The molecule has 34 heavy (non-hydrogen) atoms. The zero-order valence-electron chi connectivity index (χ0n) is 20.3. The molecule has 0 aromatic heterocycles. The molecule has 0 unspecified atom stereocenters. The van der Waals surface area contributed by atoms with Crippen LogP contribution in [-0.2, 0) is 31.4 Å². The maximum atomic E-state index is 13.3. The van der Waals surface area contributed by atoms with Gasteiger partial charge in [-0.15, -0.1) is 0 Å². The summed E-state index contributed by atoms with van der Waals surface area (Å²) in [5.41, 5.74) is 2.03. The molecule has 1 N–H and O–H groups in total. The summed E-state index contributed by atoms with van der Waals surface area (Å²) in [6.45, 7) is 8.52. The minimum absolute atomic E-state index is 0.136. The van der Waals surface area contributed by atoms with E-state index in [1.165, 1.54) is 4.90 Å². The summed E-state index contributed by atoms with van der Waals surface area (Å²) in [5.74, 6) is -0.192. The first-order chi connectivity index (χ1) is 16.1. The van der Waals surface area contributed by atoms with Crippen molar-refractivity contribution >= 4 is 33.2 Å². The van der Waals surface area contributed by atoms with Gasteiger partial charge in [0.1, 0.15) is 6.54 Å². The Morgan fingerprint density at radius 3 is 2.62 bits per heavy atom. The lowest BCUT2D eigenvalue weighted by atomic mass is 9.86. The van der Waals surface area contributed by atoms with E-state index >= 15 is 0 Å². The lowest BCUT2D eigenvalue weighted by Gasteiger charge is -2.30. The number of sulfonamides is 1. The van der Waals surface area contributed by atoms with Crippen LogP contribution in [0.5, 0.6) is 0 Å². The van der Waals surface area contributed by atoms with Gasteiger partial charge in [0.15, 0.2) is 0 Å². The van der Waals surface area contributed by atoms with Crippen molar-refractivity contribution in [3.05, 3.63) is 53.6 Å². The van der Waals surface area contributed by atoms with E-state index in [1.54, 1.807) is 36.4 Å². The van der Waals surface area contributed by atoms with Crippen LogP contribution >= 0.6 is 0 Å². The summed E-state index contributed by atoms with van der Waals surface area (Å²) in [4.78, 5) is 27.8. The monoisotopic (exact) mass is 483 g/mol. The number of aryl methyl sites for hydroxylation is 1. The molecule has 0 bridgehead atoms. The maximum Gasteiger partial charge on any atom is 0.244 e. The van der Waals surface area contributed by atoms with Crippen molar-refractivity contribution in [3.8, 4) is 0 Å². The molecule has 2 aliphatic heterocycles. The maximum absolute atomic E-state index is 13.3. The summed E-state index contributed by atoms with van der Waals surface area (Å²) in [7, 11) is -3.65. The molecule has 2 aromatic carbocycles. The number of rotatable bonds is 6. The van der Waals surface area contributed by atoms with E-state index in [0.29, 0.717) is 30.3 Å². The lowest BCUT2D eigenvalue weighted by molar-refractivity contribution is -0.124. The van der Waals surface area contributed by atoms with Gasteiger partial charge < -0.3 is 10.2 Å². The predicted molar refractivity (Wildman–Crippen MR) is 133 cm³/mol. The standard InChI is InChI=1S/C26H33N3O4S/c1-5-19-10-6-7-11-22(19)27-24(30)17-29-23-13-12-20(15-21(23)26(3,4)25(29)31)34(32,33)28-14-8-9-18(2)16-28/h6-7,10-13,15,18H,5,8-9,14,16-17H2,1-4H3,(H,27,30)/t18-/m0/s1. The molecule has 2 heterocycles. The van der Waals surface area contributed by atoms with Crippen LogP contribution in [-0.4, -0.2) is 44.2 Å². The zero-order chi connectivity index (χ0) is 24.7. The summed E-state index contributed by atoms with van der Waals surface area (Å²) < 4.78 is 28.2. The van der Waals surface area contributed by atoms with Crippen LogP contribution in [0.15, 0.2) is 47.4 Å². The molecule has 8 heteroatoms. The van der Waals surface area contributed by atoms with Crippen LogP contribution in [0.3, 0.4) is 0 Å². The van der Waals surface area contributed by atoms with Crippen LogP contribution in [0, 0.1) is 5.92 Å². The van der Waals surface area contributed by atoms with Crippen LogP contribution in [0.2, 0.25) is 0 Å². The highest BCUT2D eigenvalue weighted by atomic mass is 32.2. The Balaban J connectivity index is 1.60. The minimum atomic E-state index is -3.65. The molecular formula is C26H33N3O4S. The summed E-state index contributed by atoms with van der Waals surface area (Å²) in [6, 6.07) is 12.4. The quantitative estimate of drug-likeness (QED) is 0.674. The van der Waals surface area contributed by atoms with Gasteiger partial charge in [0, 0.05) is 24.5 Å². The highest BCUT2D eigenvalue weighted by molar-refractivity contribution is 7.89. The van der Waals surface area contributed by atoms with Crippen molar-refractivity contribution in [2.24, 2.45) is 5.92 Å². The van der Waals surface area contributed by atoms with Crippen LogP contribution in [0.4, 0.5) is 11.4 Å². The highest BCUT2D eigenvalue weighted by Gasteiger charge is 2.45. The van der Waals surface area contributed by atoms with E-state index in [9.17, 15) is 18.0 Å². The van der Waals surface area contributed by atoms with E-state index in [0.717, 1.165) is 30.5 Å². The number of anilines is 2. The van der Waals surface area contributed by atoms with E-state index in [4.69, 9.17) is 0 Å². The Labute approximate surface area is 202 Å². The topological polar surface area (TPSA) is 86.8 Å². The molecule has 0 spiro atoms. The second-order valence-corrected chi connectivity index (χ2v) is 11.8. The number of carbonyl (C=O) groups is 2. The highest BCUT2D eigenvalue weighted by Crippen LogP contribution is 2.43. The van der Waals surface area contributed by atoms with Gasteiger partial charge in [0.2, 0.25) is 21.8 Å². The molecule has 1 atom stereocenters. The van der Waals surface area contributed by atoms with Crippen molar-refractivity contribution in [1.29, 1.82) is 0 Å². The first-order valence-electron chi connectivity index (χ1n) is 11.9. The summed E-state index contributed by atoms with van der Waals surface area (Å²) in [5, 5.41) is 2.91. The van der Waals surface area contributed by atoms with Gasteiger partial charge in [-0.2, -0.15) is 4.31 Å². The third kappa shape index (κ3) is 4.36. The molecule has 0 saturated carbocycles. The zero-order valence-corrected chi connectivity index (χ0v) is 21.1. The SMILES string of the molecule is CCc1ccccc1NC(=O)CN1C(=O)C(C)(C)c2cc(S(=O)(=O)N3CCC[C@H](C)C3)ccc21. The summed E-state index contributed by atoms with van der Waals surface area (Å²) in [6.07, 6.45) is 2.65. The van der Waals surface area contributed by atoms with Crippen molar-refractivity contribution in [2.45, 2.75) is 57.3 Å². The molecule has 2 amide bonds. The fourth-order valence-corrected chi connectivity index (χ4v) is 6.55. The van der Waals surface area contributed by atoms with Gasteiger partial charge in [0.25, 0.3) is 0 Å². The third-order valence-corrected chi connectivity index (χ3v) is 8.80. The number of benzene rings is 2. The molecule has 4 rings (SSSR count). The van der Waals surface area contributed by atoms with Gasteiger partial charge in [-0.05, 0) is 74.4 Å². The number of para-hydroxylation sites is 1. The van der Waals surface area contributed by atoms with Crippen molar-refractivity contribution in [2.75, 3.05) is 29.9 Å². The molecule has 7 nitrogen and oxygen atoms in total. The molecule has 0 aliphatic carbocycles. The van der Waals surface area contributed by atoms with Gasteiger partial charge in [-0.3, -0.25) is 9.59 Å². The normalized spacial score (nSPS) is 20.3. The van der Waals surface area contributed by atoms with Crippen molar-refractivity contribution < 1.29 is 18.0 Å². The van der Waals surface area contributed by atoms with Gasteiger partial charge in [-0.1, -0.05) is 32.0 Å². The Morgan fingerprint density at radius 1 is 1.18 bits per heavy atom. The fraction of sp³-hybridized carbons (Fsp3) is 0.462. The number of nitrogens with zero attached hydrogens (tertiary/aromatic N) is 2. The molecule has 1 fully saturated rings. The molecule has 2 aliphatic rings. The number of nitrogens with one attached hydrogen (secondary N) is 1. The lowest BCUT2D eigenvalue weighted by Crippen LogP contribution is -2.40. The third-order valence-electron chi connectivity index (χ3n) is 6.94. The van der Waals surface area contributed by atoms with Gasteiger partial charge in [0.05, 0.1) is 10.3 Å². The van der Waals surface area contributed by atoms with E-state index in [-0.39, 0.29) is 23.3 Å². The average molecular weight is 484 g/mol. The van der Waals surface area contributed by atoms with E-state index in [2.05, 4.69) is 12.2 Å². The first kappa shape index (κ1) is 24.4. The molecule has 182 valence electrons. The smallest absolute Gasteiger partial charge is 0.244 e. The van der Waals surface area contributed by atoms with E-state index < -0.39 is 15.4 Å². The fourth-order valence-electron chi connectivity index (χ4n) is 4.93. The Kier molecular flexibility index (Phi) is 6.57. The number of hydrogen-bond acceptors (Lipinski definition) is 4. The molecular weight excluding hydrogens is 450 g/mol. The molecule has 2 aromatic rings. The number of fused-ring (bicyclic) bond motifs is 1. The van der Waals surface area contributed by atoms with Crippen LogP contribution < -0.4 is 10.2 Å². The van der Waals surface area contributed by atoms with Gasteiger partial charge in [-0.25, -0.2) is 8.42 Å². The molecule has 0 radical (unpaired) electrons. The number of piperidine rings is 1.